The van der Waals surface area contributed by atoms with Gasteiger partial charge < -0.3 is 0 Å². The molecule has 3 aromatic carbocycles. The molecular formula is C27H20N4OS. The van der Waals surface area contributed by atoms with Crippen molar-refractivity contribution in [1.29, 1.82) is 0 Å². The van der Waals surface area contributed by atoms with Crippen LogP contribution in [0, 0.1) is 6.92 Å². The zero-order valence-electron chi connectivity index (χ0n) is 17.9. The van der Waals surface area contributed by atoms with E-state index in [9.17, 15) is 4.79 Å². The third kappa shape index (κ3) is 3.81. The van der Waals surface area contributed by atoms with Crippen molar-refractivity contribution in [1.82, 2.24) is 9.36 Å². The second-order valence-corrected chi connectivity index (χ2v) is 7.96. The Morgan fingerprint density at radius 2 is 1.39 bits per heavy atom. The maximum absolute atomic E-state index is 13.4. The smallest absolute Gasteiger partial charge is 0.240 e. The van der Waals surface area contributed by atoms with Gasteiger partial charge in [-0.25, -0.2) is 9.36 Å². The van der Waals surface area contributed by atoms with Crippen molar-refractivity contribution in [3.8, 4) is 28.2 Å². The lowest BCUT2D eigenvalue weighted by molar-refractivity contribution is 0.794. The highest BCUT2D eigenvalue weighted by Gasteiger charge is 2.28. The van der Waals surface area contributed by atoms with Crippen LogP contribution < -0.4 is 5.43 Å². The van der Waals surface area contributed by atoms with E-state index in [0.29, 0.717) is 22.5 Å². The molecule has 5 nitrogen and oxygen atoms in total. The lowest BCUT2D eigenvalue weighted by atomic mass is 10.0. The number of fused-ring (bicyclic) bond motifs is 1. The van der Waals surface area contributed by atoms with Gasteiger partial charge in [-0.2, -0.15) is 0 Å². The Morgan fingerprint density at radius 1 is 0.788 bits per heavy atom. The summed E-state index contributed by atoms with van der Waals surface area (Å²) in [7, 11) is 0. The number of thiocarbonyl (C=S) groups is 1. The van der Waals surface area contributed by atoms with Gasteiger partial charge in [-0.1, -0.05) is 72.8 Å². The first kappa shape index (κ1) is 20.7. The van der Waals surface area contributed by atoms with Gasteiger partial charge in [-0.3, -0.25) is 4.79 Å². The number of rotatable bonds is 3. The highest BCUT2D eigenvalue weighted by Crippen LogP contribution is 2.36. The summed E-state index contributed by atoms with van der Waals surface area (Å²) in [6, 6.07) is 32.9. The predicted molar refractivity (Wildman–Crippen MR) is 136 cm³/mol. The van der Waals surface area contributed by atoms with Crippen LogP contribution >= 0.6 is 12.2 Å². The van der Waals surface area contributed by atoms with Crippen LogP contribution in [0.5, 0.6) is 0 Å². The molecule has 0 saturated carbocycles. The molecule has 5 rings (SSSR count). The van der Waals surface area contributed by atoms with Crippen LogP contribution in [0.4, 0.5) is 5.69 Å². The van der Waals surface area contributed by atoms with Crippen LogP contribution in [-0.4, -0.2) is 14.5 Å². The first-order chi connectivity index (χ1) is 16.1. The van der Waals surface area contributed by atoms with E-state index in [2.05, 4.69) is 10.2 Å². The molecule has 0 amide bonds. The van der Waals surface area contributed by atoms with E-state index in [-0.39, 0.29) is 10.5 Å². The Balaban J connectivity index is 1.84. The molecule has 0 saturated heterocycles. The normalized spacial score (nSPS) is 11.3. The van der Waals surface area contributed by atoms with Gasteiger partial charge in [0.2, 0.25) is 5.11 Å². The Labute approximate surface area is 196 Å². The van der Waals surface area contributed by atoms with Crippen molar-refractivity contribution in [3.05, 3.63) is 119 Å². The maximum Gasteiger partial charge on any atom is 0.240 e. The molecule has 0 unspecified atom stereocenters. The first-order valence-corrected chi connectivity index (χ1v) is 11.0. The number of hydrogen-bond acceptors (Lipinski definition) is 3. The average molecular weight is 449 g/mol. The minimum Gasteiger partial charge on any atom is -0.289 e. The topological polar surface area (TPSA) is 51.6 Å². The van der Waals surface area contributed by atoms with Crippen LogP contribution in [0.3, 0.4) is 0 Å². The van der Waals surface area contributed by atoms with E-state index in [1.54, 1.807) is 4.68 Å². The molecule has 6 heteroatoms. The number of benzene rings is 4. The van der Waals surface area contributed by atoms with Gasteiger partial charge in [0.25, 0.3) is 0 Å². The minimum atomic E-state index is -0.0300. The van der Waals surface area contributed by atoms with Gasteiger partial charge in [0, 0.05) is 5.56 Å². The first-order valence-electron chi connectivity index (χ1n) is 10.5. The molecule has 0 aromatic heterocycles. The summed E-state index contributed by atoms with van der Waals surface area (Å²) < 4.78 is 3.74. The molecule has 0 atom stereocenters. The Kier molecular flexibility index (Phi) is 5.50. The Bertz CT molecular complexity index is 1490. The fourth-order valence-corrected chi connectivity index (χ4v) is 4.12. The number of para-hydroxylation sites is 1. The van der Waals surface area contributed by atoms with Gasteiger partial charge in [0.1, 0.15) is 0 Å². The van der Waals surface area contributed by atoms with Crippen LogP contribution in [0.2, 0.25) is 0 Å². The number of aromatic nitrogens is 2. The fourth-order valence-electron chi connectivity index (χ4n) is 3.90. The van der Waals surface area contributed by atoms with E-state index in [0.717, 1.165) is 16.9 Å². The molecule has 0 fully saturated rings. The van der Waals surface area contributed by atoms with E-state index in [1.165, 1.54) is 0 Å². The molecule has 33 heavy (non-hydrogen) atoms. The second-order valence-electron chi connectivity index (χ2n) is 7.60. The largest absolute Gasteiger partial charge is 0.289 e. The number of azo groups is 1. The summed E-state index contributed by atoms with van der Waals surface area (Å²) in [5.74, 6) is 0. The highest BCUT2D eigenvalue weighted by molar-refractivity contribution is 7.80. The maximum atomic E-state index is 13.4. The van der Waals surface area contributed by atoms with E-state index in [4.69, 9.17) is 12.2 Å². The van der Waals surface area contributed by atoms with Crippen molar-refractivity contribution in [3.63, 3.8) is 0 Å². The van der Waals surface area contributed by atoms with Crippen molar-refractivity contribution < 1.29 is 0 Å². The van der Waals surface area contributed by atoms with E-state index in [1.807, 2.05) is 115 Å². The van der Waals surface area contributed by atoms with Gasteiger partial charge in [-0.05, 0) is 55.0 Å². The van der Waals surface area contributed by atoms with Crippen molar-refractivity contribution in [2.24, 2.45) is 10.2 Å². The van der Waals surface area contributed by atoms with Crippen molar-refractivity contribution >= 4 is 23.0 Å². The molecular weight excluding hydrogens is 428 g/mol. The second kappa shape index (κ2) is 8.76. The summed E-state index contributed by atoms with van der Waals surface area (Å²) in [5, 5.41) is 8.91. The van der Waals surface area contributed by atoms with Gasteiger partial charge >= 0.3 is 0 Å². The quantitative estimate of drug-likeness (QED) is 0.230. The van der Waals surface area contributed by atoms with Crippen LogP contribution in [0.1, 0.15) is 5.56 Å². The van der Waals surface area contributed by atoms with Crippen molar-refractivity contribution in [2.45, 2.75) is 6.92 Å². The molecule has 1 aliphatic carbocycles. The molecule has 1 aliphatic heterocycles. The molecule has 0 bridgehead atoms. The molecule has 0 radical (unpaired) electrons. The van der Waals surface area contributed by atoms with Crippen LogP contribution in [0.25, 0.3) is 28.2 Å². The lowest BCUT2D eigenvalue weighted by Crippen LogP contribution is -2.18. The standard InChI is InChI=1S/C27H20N4OS/c1-19-17-18-23-24(26(19)32)25(20-11-5-2-6-12-20)30(22-15-9-4-10-16-22)31(23)27(33)29-28-21-13-7-3-8-14-21/h2-18H,1H3. The van der Waals surface area contributed by atoms with Crippen LogP contribution in [-0.2, 0) is 0 Å². The zero-order valence-corrected chi connectivity index (χ0v) is 18.7. The fraction of sp³-hybridized carbons (Fsp3) is 0.0370. The number of aryl methyl sites for hydroxylation is 1. The lowest BCUT2D eigenvalue weighted by Gasteiger charge is -2.14. The van der Waals surface area contributed by atoms with Crippen LogP contribution in [0.15, 0.2) is 118 Å². The van der Waals surface area contributed by atoms with Gasteiger partial charge in [0.15, 0.2) is 5.43 Å². The average Bonchev–Trinajstić information content (AvgIpc) is 3.22. The van der Waals surface area contributed by atoms with Gasteiger partial charge in [0.05, 0.1) is 28.3 Å². The van der Waals surface area contributed by atoms with E-state index >= 15 is 0 Å². The molecule has 3 aromatic rings. The third-order valence-electron chi connectivity index (χ3n) is 5.45. The van der Waals surface area contributed by atoms with Crippen molar-refractivity contribution in [2.75, 3.05) is 0 Å². The predicted octanol–water partition coefficient (Wildman–Crippen LogP) is 6.64. The summed E-state index contributed by atoms with van der Waals surface area (Å²) in [6.45, 7) is 1.83. The number of nitrogens with zero attached hydrogens (tertiary/aromatic N) is 4. The summed E-state index contributed by atoms with van der Waals surface area (Å²) in [6.07, 6.45) is 0. The minimum absolute atomic E-state index is 0.0300. The highest BCUT2D eigenvalue weighted by atomic mass is 32.1. The summed E-state index contributed by atoms with van der Waals surface area (Å²) >= 11 is 5.75. The monoisotopic (exact) mass is 448 g/mol. The SMILES string of the molecule is Cc1ccc2n(C(=S)N=Nc3ccccc3)n(-c3ccccc3)c(-c3ccccc3)c-2c1=O. The molecule has 0 N–H and O–H groups in total. The molecule has 2 aliphatic rings. The summed E-state index contributed by atoms with van der Waals surface area (Å²) in [4.78, 5) is 13.4. The number of hydrogen-bond donors (Lipinski definition) is 0. The van der Waals surface area contributed by atoms with Gasteiger partial charge in [-0.15, -0.1) is 10.2 Å². The Hall–Kier alpha value is -4.16. The molecule has 1 heterocycles. The molecule has 160 valence electrons. The molecule has 0 spiro atoms. The Morgan fingerprint density at radius 3 is 2.06 bits per heavy atom. The third-order valence-corrected chi connectivity index (χ3v) is 5.70. The zero-order chi connectivity index (χ0) is 22.8. The summed E-state index contributed by atoms with van der Waals surface area (Å²) in [5.41, 5.74) is 5.17. The van der Waals surface area contributed by atoms with E-state index < -0.39 is 0 Å².